The molecule has 2 aromatic rings. The molecule has 0 bridgehead atoms. The van der Waals surface area contributed by atoms with Gasteiger partial charge >= 0.3 is 0 Å². The Morgan fingerprint density at radius 3 is 2.65 bits per heavy atom. The van der Waals surface area contributed by atoms with Crippen LogP contribution in [0.2, 0.25) is 10.0 Å². The van der Waals surface area contributed by atoms with Crippen molar-refractivity contribution in [2.24, 2.45) is 0 Å². The van der Waals surface area contributed by atoms with Gasteiger partial charge in [-0.1, -0.05) is 29.3 Å². The fourth-order valence-corrected chi connectivity index (χ4v) is 1.84. The summed E-state index contributed by atoms with van der Waals surface area (Å²) in [6.07, 6.45) is 0. The van der Waals surface area contributed by atoms with E-state index in [0.29, 0.717) is 5.02 Å². The number of hydrogen-bond donors (Lipinski definition) is 0. The van der Waals surface area contributed by atoms with E-state index in [1.807, 2.05) is 0 Å². The van der Waals surface area contributed by atoms with Crippen molar-refractivity contribution in [2.45, 2.75) is 0 Å². The lowest BCUT2D eigenvalue weighted by atomic mass is 10.2. The molecular weight excluding hydrogens is 303 g/mol. The average molecular weight is 309 g/mol. The molecule has 100 valence electrons. The van der Waals surface area contributed by atoms with Gasteiger partial charge in [0.15, 0.2) is 0 Å². The molecule has 0 unspecified atom stereocenters. The summed E-state index contributed by atoms with van der Waals surface area (Å²) in [5.74, 6) is 0.470. The first-order valence-corrected chi connectivity index (χ1v) is 6.09. The molecule has 0 spiro atoms. The van der Waals surface area contributed by atoms with Crippen molar-refractivity contribution in [1.82, 2.24) is 0 Å². The molecule has 0 heterocycles. The van der Waals surface area contributed by atoms with Crippen LogP contribution in [0.4, 0.5) is 5.69 Å². The van der Waals surface area contributed by atoms with Crippen molar-refractivity contribution < 1.29 is 9.66 Å². The lowest BCUT2D eigenvalue weighted by Gasteiger charge is -2.08. The van der Waals surface area contributed by atoms with E-state index in [9.17, 15) is 10.1 Å². The van der Waals surface area contributed by atoms with Gasteiger partial charge in [0.05, 0.1) is 16.0 Å². The molecule has 0 aliphatic carbocycles. The maximum absolute atomic E-state index is 10.9. The van der Waals surface area contributed by atoms with Crippen molar-refractivity contribution in [3.8, 4) is 17.6 Å². The van der Waals surface area contributed by atoms with Crippen molar-refractivity contribution in [3.63, 3.8) is 0 Å². The highest BCUT2D eigenvalue weighted by Crippen LogP contribution is 2.35. The largest absolute Gasteiger partial charge is 0.455 e. The molecule has 0 aliphatic heterocycles. The minimum absolute atomic E-state index is 0.0421. The Kier molecular flexibility index (Phi) is 4.08. The van der Waals surface area contributed by atoms with Crippen molar-refractivity contribution in [2.75, 3.05) is 0 Å². The predicted octanol–water partition coefficient (Wildman–Crippen LogP) is 4.57. The van der Waals surface area contributed by atoms with Crippen LogP contribution in [0.3, 0.4) is 0 Å². The number of hydrogen-bond acceptors (Lipinski definition) is 4. The van der Waals surface area contributed by atoms with Crippen molar-refractivity contribution in [1.29, 1.82) is 5.26 Å². The van der Waals surface area contributed by atoms with Gasteiger partial charge in [-0.25, -0.2) is 0 Å². The Labute approximate surface area is 124 Å². The molecule has 0 fully saturated rings. The summed E-state index contributed by atoms with van der Waals surface area (Å²) in [6.45, 7) is 0. The normalized spacial score (nSPS) is 9.85. The maximum Gasteiger partial charge on any atom is 0.290 e. The molecule has 2 aromatic carbocycles. The van der Waals surface area contributed by atoms with Crippen molar-refractivity contribution in [3.05, 3.63) is 62.1 Å². The van der Waals surface area contributed by atoms with Crippen LogP contribution in [0, 0.1) is 21.4 Å². The van der Waals surface area contributed by atoms with Crippen LogP contribution < -0.4 is 4.74 Å². The number of rotatable bonds is 3. The van der Waals surface area contributed by atoms with Gasteiger partial charge in [0.25, 0.3) is 5.69 Å². The molecule has 0 aromatic heterocycles. The van der Waals surface area contributed by atoms with Crippen LogP contribution in [0.15, 0.2) is 36.4 Å². The van der Waals surface area contributed by atoms with Crippen LogP contribution in [0.1, 0.15) is 5.56 Å². The van der Waals surface area contributed by atoms with Gasteiger partial charge in [0.1, 0.15) is 28.2 Å². The minimum Gasteiger partial charge on any atom is -0.455 e. The highest BCUT2D eigenvalue weighted by Gasteiger charge is 2.16. The smallest absolute Gasteiger partial charge is 0.290 e. The molecule has 0 amide bonds. The Bertz CT molecular complexity index is 726. The average Bonchev–Trinajstić information content (AvgIpc) is 2.43. The van der Waals surface area contributed by atoms with E-state index in [2.05, 4.69) is 0 Å². The summed E-state index contributed by atoms with van der Waals surface area (Å²) in [5.41, 5.74) is -0.373. The zero-order valence-electron chi connectivity index (χ0n) is 9.84. The van der Waals surface area contributed by atoms with Crippen LogP contribution in [0.5, 0.6) is 11.5 Å². The Balaban J connectivity index is 2.40. The van der Waals surface area contributed by atoms with Crippen LogP contribution in [0.25, 0.3) is 0 Å². The summed E-state index contributed by atoms with van der Waals surface area (Å²) in [4.78, 5) is 10.2. The highest BCUT2D eigenvalue weighted by molar-refractivity contribution is 6.42. The van der Waals surface area contributed by atoms with Gasteiger partial charge in [0, 0.05) is 0 Å². The monoisotopic (exact) mass is 308 g/mol. The summed E-state index contributed by atoms with van der Waals surface area (Å²) in [5, 5.41) is 20.2. The quantitative estimate of drug-likeness (QED) is 0.615. The van der Waals surface area contributed by atoms with E-state index in [0.717, 1.165) is 6.07 Å². The molecule has 0 saturated heterocycles. The molecule has 0 radical (unpaired) electrons. The number of nitro benzene ring substituents is 1. The number of benzene rings is 2. The second kappa shape index (κ2) is 5.78. The third kappa shape index (κ3) is 2.82. The van der Waals surface area contributed by atoms with Crippen molar-refractivity contribution >= 4 is 28.9 Å². The Morgan fingerprint density at radius 2 is 2.00 bits per heavy atom. The second-order valence-electron chi connectivity index (χ2n) is 3.70. The lowest BCUT2D eigenvalue weighted by molar-refractivity contribution is -0.385. The van der Waals surface area contributed by atoms with Gasteiger partial charge in [-0.3, -0.25) is 10.1 Å². The molecule has 0 N–H and O–H groups in total. The lowest BCUT2D eigenvalue weighted by Crippen LogP contribution is -1.94. The summed E-state index contributed by atoms with van der Waals surface area (Å²) in [6, 6.07) is 10.5. The topological polar surface area (TPSA) is 76.2 Å². The Hall–Kier alpha value is -2.29. The first-order valence-electron chi connectivity index (χ1n) is 5.33. The van der Waals surface area contributed by atoms with Gasteiger partial charge < -0.3 is 4.74 Å². The van der Waals surface area contributed by atoms with E-state index in [1.165, 1.54) is 12.1 Å². The van der Waals surface area contributed by atoms with Gasteiger partial charge in [-0.2, -0.15) is 5.26 Å². The highest BCUT2D eigenvalue weighted by atomic mass is 35.5. The molecule has 20 heavy (non-hydrogen) atoms. The molecule has 2 rings (SSSR count). The van der Waals surface area contributed by atoms with Crippen LogP contribution in [-0.4, -0.2) is 4.92 Å². The summed E-state index contributed by atoms with van der Waals surface area (Å²) < 4.78 is 5.45. The van der Waals surface area contributed by atoms with E-state index in [-0.39, 0.29) is 27.8 Å². The predicted molar refractivity (Wildman–Crippen MR) is 74.3 cm³/mol. The van der Waals surface area contributed by atoms with E-state index in [1.54, 1.807) is 24.3 Å². The van der Waals surface area contributed by atoms with E-state index < -0.39 is 4.92 Å². The van der Waals surface area contributed by atoms with Gasteiger partial charge in [-0.15, -0.1) is 0 Å². The SMILES string of the molecule is N#Cc1ccc(Oc2cccc(Cl)c2Cl)cc1[N+](=O)[O-]. The number of nitro groups is 1. The van der Waals surface area contributed by atoms with Gasteiger partial charge in [-0.05, 0) is 24.3 Å². The number of ether oxygens (including phenoxy) is 1. The minimum atomic E-state index is -0.648. The summed E-state index contributed by atoms with van der Waals surface area (Å²) in [7, 11) is 0. The fraction of sp³-hybridized carbons (Fsp3) is 0. The molecule has 0 aliphatic rings. The number of halogens is 2. The van der Waals surface area contributed by atoms with Gasteiger partial charge in [0.2, 0.25) is 0 Å². The first-order chi connectivity index (χ1) is 9.52. The third-order valence-corrected chi connectivity index (χ3v) is 3.23. The summed E-state index contributed by atoms with van der Waals surface area (Å²) >= 11 is 11.8. The zero-order valence-corrected chi connectivity index (χ0v) is 11.4. The first kappa shape index (κ1) is 14.1. The second-order valence-corrected chi connectivity index (χ2v) is 4.49. The van der Waals surface area contributed by atoms with E-state index >= 15 is 0 Å². The Morgan fingerprint density at radius 1 is 1.25 bits per heavy atom. The fourth-order valence-electron chi connectivity index (χ4n) is 1.51. The number of nitrogens with zero attached hydrogens (tertiary/aromatic N) is 2. The zero-order chi connectivity index (χ0) is 14.7. The molecule has 0 saturated carbocycles. The van der Waals surface area contributed by atoms with Crippen LogP contribution >= 0.6 is 23.2 Å². The molecule has 5 nitrogen and oxygen atoms in total. The third-order valence-electron chi connectivity index (χ3n) is 2.43. The van der Waals surface area contributed by atoms with Crippen LogP contribution in [-0.2, 0) is 0 Å². The molecule has 7 heteroatoms. The molecular formula is C13H6Cl2N2O3. The maximum atomic E-state index is 10.9. The van der Waals surface area contributed by atoms with E-state index in [4.69, 9.17) is 33.2 Å². The number of nitriles is 1. The standard InChI is InChI=1S/C13H6Cl2N2O3/c14-10-2-1-3-12(13(10)15)20-9-5-4-8(7-16)11(6-9)17(18)19/h1-6H. The molecule has 0 atom stereocenters.